The van der Waals surface area contributed by atoms with Crippen molar-refractivity contribution in [1.82, 2.24) is 5.32 Å². The summed E-state index contributed by atoms with van der Waals surface area (Å²) in [4.78, 5) is 11.7. The van der Waals surface area contributed by atoms with Crippen molar-refractivity contribution < 1.29 is 18.7 Å². The third kappa shape index (κ3) is 5.32. The zero-order valence-corrected chi connectivity index (χ0v) is 12.2. The van der Waals surface area contributed by atoms with Gasteiger partial charge in [-0.25, -0.2) is 9.18 Å². The van der Waals surface area contributed by atoms with Gasteiger partial charge in [-0.2, -0.15) is 0 Å². The number of carbonyl (C=O) groups excluding carboxylic acids is 1. The van der Waals surface area contributed by atoms with Crippen LogP contribution in [0.2, 0.25) is 5.02 Å². The minimum Gasteiger partial charge on any atom is -0.351 e. The quantitative estimate of drug-likeness (QED) is 0.761. The first-order valence-corrected chi connectivity index (χ1v) is 6.68. The lowest BCUT2D eigenvalue weighted by atomic mass is 10.3. The third-order valence-electron chi connectivity index (χ3n) is 2.34. The van der Waals surface area contributed by atoms with Crippen molar-refractivity contribution >= 4 is 23.3 Å². The molecule has 20 heavy (non-hydrogen) atoms. The molecule has 0 aliphatic heterocycles. The number of carbonyl (C=O) groups is 1. The van der Waals surface area contributed by atoms with E-state index in [-0.39, 0.29) is 17.3 Å². The average Bonchev–Trinajstić information content (AvgIpc) is 2.41. The van der Waals surface area contributed by atoms with Gasteiger partial charge in [-0.1, -0.05) is 17.7 Å². The van der Waals surface area contributed by atoms with Crippen LogP contribution < -0.4 is 10.6 Å². The molecule has 0 fully saturated rings. The predicted octanol–water partition coefficient (Wildman–Crippen LogP) is 3.00. The van der Waals surface area contributed by atoms with E-state index in [9.17, 15) is 9.18 Å². The Morgan fingerprint density at radius 2 is 2.00 bits per heavy atom. The van der Waals surface area contributed by atoms with Gasteiger partial charge in [0.2, 0.25) is 0 Å². The third-order valence-corrected chi connectivity index (χ3v) is 2.65. The Bertz CT molecular complexity index is 419. The lowest BCUT2D eigenvalue weighted by Gasteiger charge is -2.17. The molecule has 0 aromatic heterocycles. The Labute approximate surface area is 122 Å². The van der Waals surface area contributed by atoms with Crippen molar-refractivity contribution in [1.29, 1.82) is 0 Å². The van der Waals surface area contributed by atoms with Gasteiger partial charge in [0.15, 0.2) is 6.29 Å². The Morgan fingerprint density at radius 1 is 1.35 bits per heavy atom. The van der Waals surface area contributed by atoms with E-state index in [1.807, 2.05) is 13.8 Å². The van der Waals surface area contributed by atoms with E-state index in [4.69, 9.17) is 21.1 Å². The lowest BCUT2D eigenvalue weighted by Crippen LogP contribution is -2.38. The number of halogens is 2. The average molecular weight is 305 g/mol. The molecule has 7 heteroatoms. The molecule has 0 radical (unpaired) electrons. The topological polar surface area (TPSA) is 59.6 Å². The fraction of sp³-hybridized carbons (Fsp3) is 0.462. The summed E-state index contributed by atoms with van der Waals surface area (Å²) in [6, 6.07) is 3.58. The van der Waals surface area contributed by atoms with Crippen LogP contribution in [0, 0.1) is 5.82 Å². The highest BCUT2D eigenvalue weighted by atomic mass is 35.5. The number of amides is 2. The predicted molar refractivity (Wildman–Crippen MR) is 75.5 cm³/mol. The number of rotatable bonds is 7. The second-order valence-corrected chi connectivity index (χ2v) is 4.18. The second-order valence-electron chi connectivity index (χ2n) is 3.77. The molecule has 1 aromatic rings. The number of ether oxygens (including phenoxy) is 2. The van der Waals surface area contributed by atoms with E-state index in [1.165, 1.54) is 18.2 Å². The number of hydrogen-bond acceptors (Lipinski definition) is 3. The molecule has 0 aliphatic rings. The fourth-order valence-electron chi connectivity index (χ4n) is 1.49. The van der Waals surface area contributed by atoms with E-state index < -0.39 is 18.1 Å². The molecule has 0 atom stereocenters. The molecule has 0 saturated heterocycles. The molecule has 1 aromatic carbocycles. The highest BCUT2D eigenvalue weighted by Gasteiger charge is 2.13. The molecular formula is C13H18ClFN2O3. The van der Waals surface area contributed by atoms with Crippen LogP contribution in [0.5, 0.6) is 0 Å². The molecule has 5 nitrogen and oxygen atoms in total. The first-order valence-electron chi connectivity index (χ1n) is 6.30. The smallest absolute Gasteiger partial charge is 0.319 e. The molecule has 0 spiro atoms. The number of anilines is 1. The minimum atomic E-state index is -0.598. The van der Waals surface area contributed by atoms with Crippen LogP contribution in [-0.2, 0) is 9.47 Å². The van der Waals surface area contributed by atoms with Crippen molar-refractivity contribution in [3.8, 4) is 0 Å². The van der Waals surface area contributed by atoms with Crippen LogP contribution in [0.4, 0.5) is 14.9 Å². The molecule has 0 unspecified atom stereocenters. The van der Waals surface area contributed by atoms with Crippen molar-refractivity contribution in [2.45, 2.75) is 20.1 Å². The summed E-state index contributed by atoms with van der Waals surface area (Å²) < 4.78 is 24.0. The van der Waals surface area contributed by atoms with Gasteiger partial charge in [0, 0.05) is 13.2 Å². The highest BCUT2D eigenvalue weighted by molar-refractivity contribution is 6.33. The maximum Gasteiger partial charge on any atom is 0.319 e. The lowest BCUT2D eigenvalue weighted by molar-refractivity contribution is -0.131. The van der Waals surface area contributed by atoms with Gasteiger partial charge in [0.05, 0.1) is 17.3 Å². The van der Waals surface area contributed by atoms with Gasteiger partial charge < -0.3 is 20.1 Å². The summed E-state index contributed by atoms with van der Waals surface area (Å²) in [5.41, 5.74) is -0.0592. The van der Waals surface area contributed by atoms with Gasteiger partial charge in [-0.15, -0.1) is 0 Å². The van der Waals surface area contributed by atoms with E-state index in [2.05, 4.69) is 10.6 Å². The molecule has 0 saturated carbocycles. The summed E-state index contributed by atoms with van der Waals surface area (Å²) in [7, 11) is 0. The first-order chi connectivity index (χ1) is 9.58. The van der Waals surface area contributed by atoms with Crippen LogP contribution in [-0.4, -0.2) is 32.1 Å². The van der Waals surface area contributed by atoms with Crippen LogP contribution in [0.15, 0.2) is 18.2 Å². The van der Waals surface area contributed by atoms with Crippen molar-refractivity contribution in [2.24, 2.45) is 0 Å². The number of nitrogens with one attached hydrogen (secondary N) is 2. The monoisotopic (exact) mass is 304 g/mol. The SMILES string of the molecule is CCOC(CNC(=O)Nc1c(F)cccc1Cl)OCC. The first kappa shape index (κ1) is 16.7. The molecule has 0 heterocycles. The van der Waals surface area contributed by atoms with Crippen LogP contribution >= 0.6 is 11.6 Å². The molecule has 2 amide bonds. The van der Waals surface area contributed by atoms with E-state index in [0.29, 0.717) is 13.2 Å². The summed E-state index contributed by atoms with van der Waals surface area (Å²) in [5, 5.41) is 5.01. The van der Waals surface area contributed by atoms with Crippen molar-refractivity contribution in [3.05, 3.63) is 29.0 Å². The van der Waals surface area contributed by atoms with Gasteiger partial charge in [-0.05, 0) is 26.0 Å². The maximum absolute atomic E-state index is 13.5. The van der Waals surface area contributed by atoms with Gasteiger partial charge in [0.25, 0.3) is 0 Å². The maximum atomic E-state index is 13.5. The van der Waals surface area contributed by atoms with E-state index >= 15 is 0 Å². The normalized spacial score (nSPS) is 10.7. The van der Waals surface area contributed by atoms with E-state index in [1.54, 1.807) is 0 Å². The summed E-state index contributed by atoms with van der Waals surface area (Å²) in [6.45, 7) is 4.73. The Kier molecular flexibility index (Phi) is 7.28. The van der Waals surface area contributed by atoms with Crippen LogP contribution in [0.3, 0.4) is 0 Å². The Balaban J connectivity index is 2.51. The Morgan fingerprint density at radius 3 is 2.55 bits per heavy atom. The van der Waals surface area contributed by atoms with Crippen LogP contribution in [0.25, 0.3) is 0 Å². The molecular weight excluding hydrogens is 287 g/mol. The number of urea groups is 1. The fourth-order valence-corrected chi connectivity index (χ4v) is 1.70. The van der Waals surface area contributed by atoms with Gasteiger partial charge >= 0.3 is 6.03 Å². The summed E-state index contributed by atoms with van der Waals surface area (Å²) in [5.74, 6) is -0.598. The van der Waals surface area contributed by atoms with E-state index in [0.717, 1.165) is 0 Å². The highest BCUT2D eigenvalue weighted by Crippen LogP contribution is 2.24. The second kappa shape index (κ2) is 8.73. The number of hydrogen-bond donors (Lipinski definition) is 2. The van der Waals surface area contributed by atoms with Crippen molar-refractivity contribution in [2.75, 3.05) is 25.1 Å². The zero-order chi connectivity index (χ0) is 15.0. The zero-order valence-electron chi connectivity index (χ0n) is 11.4. The van der Waals surface area contributed by atoms with Gasteiger partial charge in [-0.3, -0.25) is 0 Å². The minimum absolute atomic E-state index is 0.0592. The van der Waals surface area contributed by atoms with Crippen molar-refractivity contribution in [3.63, 3.8) is 0 Å². The summed E-state index contributed by atoms with van der Waals surface area (Å²) >= 11 is 5.80. The van der Waals surface area contributed by atoms with Crippen LogP contribution in [0.1, 0.15) is 13.8 Å². The standard InChI is InChI=1S/C13H18ClFN2O3/c1-3-19-11(20-4-2)8-16-13(18)17-12-9(14)6-5-7-10(12)15/h5-7,11H,3-4,8H2,1-2H3,(H2,16,17,18). The number of benzene rings is 1. The largest absolute Gasteiger partial charge is 0.351 e. The molecule has 2 N–H and O–H groups in total. The number of para-hydroxylation sites is 1. The molecule has 112 valence electrons. The Hall–Kier alpha value is -1.37. The summed E-state index contributed by atoms with van der Waals surface area (Å²) in [6.07, 6.45) is -0.535. The molecule has 0 bridgehead atoms. The molecule has 1 rings (SSSR count). The molecule has 0 aliphatic carbocycles. The van der Waals surface area contributed by atoms with Gasteiger partial charge in [0.1, 0.15) is 5.82 Å².